The van der Waals surface area contributed by atoms with E-state index in [1.807, 2.05) is 24.3 Å². The van der Waals surface area contributed by atoms with Crippen molar-refractivity contribution in [3.63, 3.8) is 0 Å². The first kappa shape index (κ1) is 14.6. The molecule has 0 spiro atoms. The molecule has 0 saturated carbocycles. The minimum atomic E-state index is -0.288. The largest absolute Gasteiger partial charge is 0.496 e. The van der Waals surface area contributed by atoms with Crippen molar-refractivity contribution in [3.05, 3.63) is 59.7 Å². The van der Waals surface area contributed by atoms with Crippen molar-refractivity contribution in [3.8, 4) is 5.75 Å². The van der Waals surface area contributed by atoms with Gasteiger partial charge >= 0.3 is 0 Å². The number of hydrazone groups is 1. The average Bonchev–Trinajstić information content (AvgIpc) is 2.52. The summed E-state index contributed by atoms with van der Waals surface area (Å²) in [5.41, 5.74) is 10.7. The lowest BCUT2D eigenvalue weighted by Crippen LogP contribution is -2.19. The van der Waals surface area contributed by atoms with E-state index in [2.05, 4.69) is 10.5 Å². The highest BCUT2D eigenvalue weighted by molar-refractivity contribution is 6.02. The van der Waals surface area contributed by atoms with Gasteiger partial charge in [-0.15, -0.1) is 0 Å². The van der Waals surface area contributed by atoms with Gasteiger partial charge in [0.05, 0.1) is 12.8 Å². The molecule has 108 valence electrons. The summed E-state index contributed by atoms with van der Waals surface area (Å²) >= 11 is 0. The summed E-state index contributed by atoms with van der Waals surface area (Å²) in [7, 11) is 1.60. The molecule has 0 radical (unpaired) electrons. The Morgan fingerprint density at radius 2 is 1.81 bits per heavy atom. The van der Waals surface area contributed by atoms with Crippen LogP contribution >= 0.6 is 0 Å². The van der Waals surface area contributed by atoms with E-state index < -0.39 is 0 Å². The number of nitrogens with one attached hydrogen (secondary N) is 1. The fraction of sp³-hybridized carbons (Fsp3) is 0.125. The zero-order chi connectivity index (χ0) is 15.2. The summed E-state index contributed by atoms with van der Waals surface area (Å²) in [5, 5.41) is 4.11. The van der Waals surface area contributed by atoms with E-state index in [1.54, 1.807) is 38.3 Å². The summed E-state index contributed by atoms with van der Waals surface area (Å²) in [6, 6.07) is 14.1. The third kappa shape index (κ3) is 3.60. The Bertz CT molecular complexity index is 663. The Kier molecular flexibility index (Phi) is 4.56. The number of nitrogens with two attached hydrogens (primary N) is 1. The fourth-order valence-corrected chi connectivity index (χ4v) is 1.84. The predicted octanol–water partition coefficient (Wildman–Crippen LogP) is 2.43. The van der Waals surface area contributed by atoms with Crippen LogP contribution in [0.2, 0.25) is 0 Å². The van der Waals surface area contributed by atoms with Crippen LogP contribution < -0.4 is 15.9 Å². The van der Waals surface area contributed by atoms with Gasteiger partial charge in [-0.2, -0.15) is 5.10 Å². The summed E-state index contributed by atoms with van der Waals surface area (Å²) in [4.78, 5) is 12.0. The van der Waals surface area contributed by atoms with Gasteiger partial charge in [-0.3, -0.25) is 4.79 Å². The third-order valence-corrected chi connectivity index (χ3v) is 2.99. The van der Waals surface area contributed by atoms with Crippen molar-refractivity contribution < 1.29 is 9.53 Å². The zero-order valence-electron chi connectivity index (χ0n) is 12.0. The molecule has 0 atom stereocenters. The minimum Gasteiger partial charge on any atom is -0.496 e. The molecule has 0 bridgehead atoms. The molecule has 21 heavy (non-hydrogen) atoms. The molecule has 0 unspecified atom stereocenters. The lowest BCUT2D eigenvalue weighted by Gasteiger charge is -2.08. The molecule has 0 saturated heterocycles. The summed E-state index contributed by atoms with van der Waals surface area (Å²) in [6.07, 6.45) is 0. The Labute approximate surface area is 123 Å². The van der Waals surface area contributed by atoms with Gasteiger partial charge in [0.15, 0.2) is 0 Å². The number of nitrogen functional groups attached to an aromatic ring is 1. The van der Waals surface area contributed by atoms with Crippen molar-refractivity contribution in [2.24, 2.45) is 5.10 Å². The number of carbonyl (C=O) groups excluding carboxylic acids is 1. The van der Waals surface area contributed by atoms with Crippen molar-refractivity contribution in [2.45, 2.75) is 6.92 Å². The highest BCUT2D eigenvalue weighted by Crippen LogP contribution is 2.17. The number of ether oxygens (including phenoxy) is 1. The smallest absolute Gasteiger partial charge is 0.271 e. The number of anilines is 1. The van der Waals surface area contributed by atoms with Crippen LogP contribution in [0.25, 0.3) is 0 Å². The van der Waals surface area contributed by atoms with Gasteiger partial charge in [0, 0.05) is 16.8 Å². The molecule has 0 aliphatic carbocycles. The van der Waals surface area contributed by atoms with Crippen LogP contribution in [0.15, 0.2) is 53.6 Å². The first-order valence-electron chi connectivity index (χ1n) is 6.45. The van der Waals surface area contributed by atoms with Gasteiger partial charge in [0.25, 0.3) is 5.91 Å². The molecule has 2 rings (SSSR count). The fourth-order valence-electron chi connectivity index (χ4n) is 1.84. The molecule has 2 aromatic rings. The van der Waals surface area contributed by atoms with E-state index in [0.29, 0.717) is 22.7 Å². The highest BCUT2D eigenvalue weighted by Gasteiger charge is 2.07. The van der Waals surface area contributed by atoms with Gasteiger partial charge in [-0.05, 0) is 43.3 Å². The Morgan fingerprint density at radius 1 is 1.14 bits per heavy atom. The lowest BCUT2D eigenvalue weighted by molar-refractivity contribution is 0.0955. The second-order valence-electron chi connectivity index (χ2n) is 4.46. The van der Waals surface area contributed by atoms with Gasteiger partial charge in [-0.25, -0.2) is 5.43 Å². The van der Waals surface area contributed by atoms with Gasteiger partial charge in [0.2, 0.25) is 0 Å². The quantitative estimate of drug-likeness (QED) is 0.514. The number of amides is 1. The number of nitrogens with zero attached hydrogens (tertiary/aromatic N) is 1. The molecule has 3 N–H and O–H groups in total. The lowest BCUT2D eigenvalue weighted by atomic mass is 10.1. The van der Waals surface area contributed by atoms with Gasteiger partial charge < -0.3 is 10.5 Å². The SMILES string of the molecule is COc1ccccc1C(C)=NNC(=O)c1ccc(N)cc1. The van der Waals surface area contributed by atoms with Gasteiger partial charge in [-0.1, -0.05) is 12.1 Å². The maximum atomic E-state index is 12.0. The van der Waals surface area contributed by atoms with E-state index in [4.69, 9.17) is 10.5 Å². The average molecular weight is 283 g/mol. The van der Waals surface area contributed by atoms with Crippen molar-refractivity contribution >= 4 is 17.3 Å². The second kappa shape index (κ2) is 6.56. The number of hydrogen-bond donors (Lipinski definition) is 2. The summed E-state index contributed by atoms with van der Waals surface area (Å²) < 4.78 is 5.26. The van der Waals surface area contributed by atoms with Crippen LogP contribution in [0, 0.1) is 0 Å². The van der Waals surface area contributed by atoms with Crippen LogP contribution in [0.3, 0.4) is 0 Å². The van der Waals surface area contributed by atoms with E-state index in [-0.39, 0.29) is 5.91 Å². The standard InChI is InChI=1S/C16H17N3O2/c1-11(14-5-3-4-6-15(14)21-2)18-19-16(20)12-7-9-13(17)10-8-12/h3-10H,17H2,1-2H3,(H,19,20). The first-order chi connectivity index (χ1) is 10.1. The number of hydrogen-bond acceptors (Lipinski definition) is 4. The molecular weight excluding hydrogens is 266 g/mol. The van der Waals surface area contributed by atoms with E-state index >= 15 is 0 Å². The molecule has 5 heteroatoms. The molecule has 1 amide bonds. The predicted molar refractivity (Wildman–Crippen MR) is 83.5 cm³/mol. The third-order valence-electron chi connectivity index (χ3n) is 2.99. The molecule has 5 nitrogen and oxygen atoms in total. The van der Waals surface area contributed by atoms with Crippen molar-refractivity contribution in [1.29, 1.82) is 0 Å². The van der Waals surface area contributed by atoms with E-state index in [0.717, 1.165) is 5.56 Å². The second-order valence-corrected chi connectivity index (χ2v) is 4.46. The zero-order valence-corrected chi connectivity index (χ0v) is 12.0. The molecule has 0 aliphatic heterocycles. The Morgan fingerprint density at radius 3 is 2.48 bits per heavy atom. The highest BCUT2D eigenvalue weighted by atomic mass is 16.5. The Hall–Kier alpha value is -2.82. The molecule has 0 fully saturated rings. The number of rotatable bonds is 4. The number of para-hydroxylation sites is 1. The van der Waals surface area contributed by atoms with E-state index in [9.17, 15) is 4.79 Å². The van der Waals surface area contributed by atoms with Crippen molar-refractivity contribution in [2.75, 3.05) is 12.8 Å². The minimum absolute atomic E-state index is 0.288. The van der Waals surface area contributed by atoms with Crippen LogP contribution in [0.1, 0.15) is 22.8 Å². The topological polar surface area (TPSA) is 76.7 Å². The maximum Gasteiger partial charge on any atom is 0.271 e. The van der Waals surface area contributed by atoms with Gasteiger partial charge in [0.1, 0.15) is 5.75 Å². The summed E-state index contributed by atoms with van der Waals surface area (Å²) in [5.74, 6) is 0.421. The van der Waals surface area contributed by atoms with Crippen LogP contribution in [0.4, 0.5) is 5.69 Å². The maximum absolute atomic E-state index is 12.0. The molecule has 0 aromatic heterocycles. The number of methoxy groups -OCH3 is 1. The first-order valence-corrected chi connectivity index (χ1v) is 6.45. The van der Waals surface area contributed by atoms with E-state index in [1.165, 1.54) is 0 Å². The number of benzene rings is 2. The molecule has 2 aromatic carbocycles. The Balaban J connectivity index is 2.13. The summed E-state index contributed by atoms with van der Waals surface area (Å²) in [6.45, 7) is 1.81. The van der Waals surface area contributed by atoms with Crippen LogP contribution in [-0.4, -0.2) is 18.7 Å². The number of carbonyl (C=O) groups is 1. The monoisotopic (exact) mass is 283 g/mol. The normalized spacial score (nSPS) is 11.0. The molecule has 0 aliphatic rings. The van der Waals surface area contributed by atoms with Crippen LogP contribution in [-0.2, 0) is 0 Å². The molecular formula is C16H17N3O2. The van der Waals surface area contributed by atoms with Crippen molar-refractivity contribution in [1.82, 2.24) is 5.43 Å². The van der Waals surface area contributed by atoms with Crippen LogP contribution in [0.5, 0.6) is 5.75 Å². The molecule has 0 heterocycles.